The quantitative estimate of drug-likeness (QED) is 0.905. The van der Waals surface area contributed by atoms with Crippen LogP contribution in [0.15, 0.2) is 14.1 Å². The summed E-state index contributed by atoms with van der Waals surface area (Å²) in [7, 11) is -3.40. The van der Waals surface area contributed by atoms with Crippen LogP contribution in [0.25, 0.3) is 0 Å². The van der Waals surface area contributed by atoms with E-state index in [-0.39, 0.29) is 6.10 Å². The molecule has 0 aliphatic carbocycles. The summed E-state index contributed by atoms with van der Waals surface area (Å²) >= 11 is 4.57. The smallest absolute Gasteiger partial charge is 0.250 e. The predicted octanol–water partition coefficient (Wildman–Crippen LogP) is 2.67. The van der Waals surface area contributed by atoms with Crippen molar-refractivity contribution >= 4 is 37.3 Å². The Bertz CT molecular complexity index is 487. The molecule has 7 heteroatoms. The largest absolute Gasteiger partial charge is 0.377 e. The Morgan fingerprint density at radius 2 is 2.33 bits per heavy atom. The molecule has 1 aromatic rings. The van der Waals surface area contributed by atoms with Gasteiger partial charge in [-0.15, -0.1) is 11.3 Å². The normalized spacial score (nSPS) is 21.1. The van der Waals surface area contributed by atoms with E-state index in [1.54, 1.807) is 6.07 Å². The molecule has 1 aromatic heterocycles. The second-order valence-corrected chi connectivity index (χ2v) is 8.73. The van der Waals surface area contributed by atoms with Gasteiger partial charge in [0.1, 0.15) is 4.21 Å². The number of hydrogen-bond donors (Lipinski definition) is 1. The Balaban J connectivity index is 1.98. The molecule has 0 radical (unpaired) electrons. The lowest BCUT2D eigenvalue weighted by Crippen LogP contribution is -2.35. The summed E-state index contributed by atoms with van der Waals surface area (Å²) in [4.78, 5) is 0. The van der Waals surface area contributed by atoms with Gasteiger partial charge in [0.2, 0.25) is 10.0 Å². The van der Waals surface area contributed by atoms with Crippen molar-refractivity contribution in [3.05, 3.63) is 15.4 Å². The fourth-order valence-corrected chi connectivity index (χ4v) is 5.14. The van der Waals surface area contributed by atoms with Gasteiger partial charge in [-0.2, -0.15) is 0 Å². The molecule has 1 atom stereocenters. The Morgan fingerprint density at radius 3 is 2.89 bits per heavy atom. The van der Waals surface area contributed by atoms with Gasteiger partial charge in [-0.25, -0.2) is 13.1 Å². The Morgan fingerprint density at radius 1 is 1.56 bits per heavy atom. The predicted molar refractivity (Wildman–Crippen MR) is 75.5 cm³/mol. The lowest BCUT2D eigenvalue weighted by atomic mass is 10.1. The molecule has 0 aromatic carbocycles. The van der Waals surface area contributed by atoms with Crippen molar-refractivity contribution in [3.63, 3.8) is 0 Å². The number of sulfonamides is 1. The highest BCUT2D eigenvalue weighted by Gasteiger charge is 2.21. The number of aryl methyl sites for hydroxylation is 1. The van der Waals surface area contributed by atoms with E-state index in [1.165, 1.54) is 11.3 Å². The van der Waals surface area contributed by atoms with Crippen molar-refractivity contribution in [2.75, 3.05) is 13.2 Å². The van der Waals surface area contributed by atoms with Crippen molar-refractivity contribution in [3.8, 4) is 0 Å². The molecule has 0 bridgehead atoms. The summed E-state index contributed by atoms with van der Waals surface area (Å²) in [6, 6.07) is 1.68. The van der Waals surface area contributed by atoms with Crippen LogP contribution in [0.3, 0.4) is 0 Å². The van der Waals surface area contributed by atoms with E-state index in [2.05, 4.69) is 20.7 Å². The molecule has 1 N–H and O–H groups in total. The molecule has 18 heavy (non-hydrogen) atoms. The van der Waals surface area contributed by atoms with Crippen LogP contribution >= 0.6 is 27.3 Å². The molecule has 1 unspecified atom stereocenters. The zero-order chi connectivity index (χ0) is 13.2. The van der Waals surface area contributed by atoms with E-state index >= 15 is 0 Å². The second kappa shape index (κ2) is 6.00. The first-order valence-corrected chi connectivity index (χ1v) is 8.95. The van der Waals surface area contributed by atoms with Crippen molar-refractivity contribution in [2.45, 2.75) is 36.5 Å². The third-order valence-corrected chi connectivity index (χ3v) is 6.91. The van der Waals surface area contributed by atoms with E-state index in [0.29, 0.717) is 10.8 Å². The highest BCUT2D eigenvalue weighted by atomic mass is 79.9. The van der Waals surface area contributed by atoms with Gasteiger partial charge in [0.15, 0.2) is 0 Å². The van der Waals surface area contributed by atoms with Crippen LogP contribution in [-0.4, -0.2) is 27.7 Å². The summed E-state index contributed by atoms with van der Waals surface area (Å²) in [6.45, 7) is 2.97. The average Bonchev–Trinajstić information content (AvgIpc) is 2.70. The fraction of sp³-hybridized carbons (Fsp3) is 0.636. The highest BCUT2D eigenvalue weighted by molar-refractivity contribution is 9.11. The minimum atomic E-state index is -3.40. The van der Waals surface area contributed by atoms with Crippen LogP contribution < -0.4 is 4.72 Å². The van der Waals surface area contributed by atoms with Gasteiger partial charge in [-0.1, -0.05) is 0 Å². The van der Waals surface area contributed by atoms with Gasteiger partial charge in [-0.3, -0.25) is 0 Å². The van der Waals surface area contributed by atoms with Gasteiger partial charge in [0.25, 0.3) is 0 Å². The minimum Gasteiger partial charge on any atom is -0.377 e. The topological polar surface area (TPSA) is 55.4 Å². The van der Waals surface area contributed by atoms with Gasteiger partial charge in [-0.05, 0) is 53.7 Å². The molecule has 0 spiro atoms. The van der Waals surface area contributed by atoms with Gasteiger partial charge >= 0.3 is 0 Å². The molecule has 2 heterocycles. The van der Waals surface area contributed by atoms with E-state index in [0.717, 1.165) is 35.2 Å². The molecule has 1 saturated heterocycles. The first-order chi connectivity index (χ1) is 8.49. The van der Waals surface area contributed by atoms with Crippen LogP contribution in [0.1, 0.15) is 24.8 Å². The lowest BCUT2D eigenvalue weighted by Gasteiger charge is -2.22. The van der Waals surface area contributed by atoms with Crippen molar-refractivity contribution in [1.29, 1.82) is 0 Å². The Hall–Kier alpha value is 0.0500. The zero-order valence-electron chi connectivity index (χ0n) is 10.1. The van der Waals surface area contributed by atoms with Crippen molar-refractivity contribution in [2.24, 2.45) is 0 Å². The molecular weight excluding hydrogens is 338 g/mol. The molecule has 2 rings (SSSR count). The van der Waals surface area contributed by atoms with Crippen molar-refractivity contribution < 1.29 is 13.2 Å². The molecule has 0 amide bonds. The molecule has 1 aliphatic rings. The van der Waals surface area contributed by atoms with Crippen LogP contribution in [0.5, 0.6) is 0 Å². The van der Waals surface area contributed by atoms with Crippen LogP contribution in [0, 0.1) is 6.92 Å². The van der Waals surface area contributed by atoms with E-state index in [1.807, 2.05) is 6.92 Å². The van der Waals surface area contributed by atoms with Crippen molar-refractivity contribution in [1.82, 2.24) is 4.72 Å². The molecule has 0 saturated carbocycles. The van der Waals surface area contributed by atoms with Gasteiger partial charge in [0, 0.05) is 13.2 Å². The van der Waals surface area contributed by atoms with Crippen LogP contribution in [0.4, 0.5) is 0 Å². The molecule has 1 fully saturated rings. The second-order valence-electron chi connectivity index (χ2n) is 4.36. The maximum absolute atomic E-state index is 12.1. The Labute approximate surface area is 120 Å². The maximum atomic E-state index is 12.1. The minimum absolute atomic E-state index is 0.0121. The molecule has 1 aliphatic heterocycles. The first-order valence-electron chi connectivity index (χ1n) is 5.86. The van der Waals surface area contributed by atoms with Gasteiger partial charge < -0.3 is 4.74 Å². The van der Waals surface area contributed by atoms with E-state index in [9.17, 15) is 8.42 Å². The maximum Gasteiger partial charge on any atom is 0.250 e. The monoisotopic (exact) mass is 353 g/mol. The first kappa shape index (κ1) is 14.5. The summed E-state index contributed by atoms with van der Waals surface area (Å²) in [5.74, 6) is 0. The summed E-state index contributed by atoms with van der Waals surface area (Å²) in [6.07, 6.45) is 3.12. The van der Waals surface area contributed by atoms with E-state index < -0.39 is 10.0 Å². The number of ether oxygens (including phenoxy) is 1. The number of halogens is 1. The molecule has 4 nitrogen and oxygen atoms in total. The standard InChI is InChI=1S/C11H16BrNO3S2/c1-8-6-10(17-11(8)12)18(14,15)13-7-9-4-2-3-5-16-9/h6,9,13H,2-5,7H2,1H3. The number of thiophene rings is 1. The summed E-state index contributed by atoms with van der Waals surface area (Å²) < 4.78 is 33.5. The SMILES string of the molecule is Cc1cc(S(=O)(=O)NCC2CCCCO2)sc1Br. The van der Waals surface area contributed by atoms with Crippen LogP contribution in [0.2, 0.25) is 0 Å². The third kappa shape index (κ3) is 3.54. The fourth-order valence-electron chi connectivity index (χ4n) is 1.81. The highest BCUT2D eigenvalue weighted by Crippen LogP contribution is 2.30. The summed E-state index contributed by atoms with van der Waals surface area (Å²) in [5.41, 5.74) is 0.939. The lowest BCUT2D eigenvalue weighted by molar-refractivity contribution is 0.0200. The number of nitrogens with one attached hydrogen (secondary N) is 1. The summed E-state index contributed by atoms with van der Waals surface area (Å²) in [5, 5.41) is 0. The zero-order valence-corrected chi connectivity index (χ0v) is 13.3. The third-order valence-electron chi connectivity index (χ3n) is 2.87. The number of rotatable bonds is 4. The molecular formula is C11H16BrNO3S2. The molecule has 102 valence electrons. The van der Waals surface area contributed by atoms with E-state index in [4.69, 9.17) is 4.74 Å². The number of hydrogen-bond acceptors (Lipinski definition) is 4. The average molecular weight is 354 g/mol. The van der Waals surface area contributed by atoms with Gasteiger partial charge in [0.05, 0.1) is 9.89 Å². The Kier molecular flexibility index (Phi) is 4.82. The van der Waals surface area contributed by atoms with Crippen LogP contribution in [-0.2, 0) is 14.8 Å².